The van der Waals surface area contributed by atoms with E-state index in [1.807, 2.05) is 27.7 Å². The number of amides is 1. The first-order chi connectivity index (χ1) is 18.5. The molecule has 1 aliphatic rings. The first-order valence-corrected chi connectivity index (χ1v) is 13.6. The van der Waals surface area contributed by atoms with Crippen LogP contribution in [0.1, 0.15) is 52.4 Å². The molecule has 5 rings (SSSR count). The van der Waals surface area contributed by atoms with Gasteiger partial charge >= 0.3 is 11.8 Å². The van der Waals surface area contributed by atoms with E-state index in [4.69, 9.17) is 0 Å². The molecule has 0 saturated carbocycles. The van der Waals surface area contributed by atoms with E-state index < -0.39 is 28.8 Å². The third-order valence-electron chi connectivity index (χ3n) is 7.24. The van der Waals surface area contributed by atoms with Crippen molar-refractivity contribution < 1.29 is 14.3 Å². The van der Waals surface area contributed by atoms with E-state index >= 15 is 0 Å². The van der Waals surface area contributed by atoms with E-state index in [0.29, 0.717) is 40.3 Å². The number of hydrogen-bond acceptors (Lipinski definition) is 7. The molecule has 1 aromatic carbocycles. The van der Waals surface area contributed by atoms with Crippen LogP contribution in [0.2, 0.25) is 0 Å². The van der Waals surface area contributed by atoms with Crippen molar-refractivity contribution in [2.45, 2.75) is 65.7 Å². The predicted molar refractivity (Wildman–Crippen MR) is 145 cm³/mol. The van der Waals surface area contributed by atoms with Gasteiger partial charge in [0.25, 0.3) is 5.56 Å². The molecule has 1 amide bonds. The predicted octanol–water partition coefficient (Wildman–Crippen LogP) is 3.82. The van der Waals surface area contributed by atoms with Gasteiger partial charge in [0.15, 0.2) is 5.82 Å². The molecule has 1 saturated heterocycles. The van der Waals surface area contributed by atoms with Gasteiger partial charge in [0.2, 0.25) is 0 Å². The van der Waals surface area contributed by atoms with Gasteiger partial charge in [-0.2, -0.15) is 4.80 Å². The standard InChI is InChI=1S/C26H30FN7O4S/c1-5-33-29-21(28-30-33)14-32-18-13-19(15-6-8-16(27)9-7-15)39-22(18)23(35)34(24(32)36)17-10-11-31(25(37)38)20(12-17)26(2,3)4/h6-9,13,17,20H,5,10-12,14H2,1-4H3,(H,37,38). The van der Waals surface area contributed by atoms with Crippen LogP contribution in [0.3, 0.4) is 0 Å². The first kappa shape index (κ1) is 26.7. The number of benzene rings is 1. The molecule has 1 N–H and O–H groups in total. The summed E-state index contributed by atoms with van der Waals surface area (Å²) < 4.78 is 16.7. The number of carbonyl (C=O) groups is 1. The quantitative estimate of drug-likeness (QED) is 0.397. The van der Waals surface area contributed by atoms with Gasteiger partial charge in [0.05, 0.1) is 18.6 Å². The first-order valence-electron chi connectivity index (χ1n) is 12.8. The highest BCUT2D eigenvalue weighted by molar-refractivity contribution is 7.22. The van der Waals surface area contributed by atoms with Crippen molar-refractivity contribution in [3.8, 4) is 10.4 Å². The van der Waals surface area contributed by atoms with Crippen LogP contribution in [0.25, 0.3) is 20.7 Å². The second-order valence-electron chi connectivity index (χ2n) is 10.8. The number of carboxylic acid groups (broad SMARTS) is 1. The average molecular weight is 556 g/mol. The number of fused-ring (bicyclic) bond motifs is 1. The fourth-order valence-electron chi connectivity index (χ4n) is 5.24. The second-order valence-corrected chi connectivity index (χ2v) is 11.9. The zero-order chi connectivity index (χ0) is 28.1. The van der Waals surface area contributed by atoms with Crippen LogP contribution in [0.15, 0.2) is 39.9 Å². The summed E-state index contributed by atoms with van der Waals surface area (Å²) in [7, 11) is 0. The fraction of sp³-hybridized carbons (Fsp3) is 0.462. The van der Waals surface area contributed by atoms with E-state index in [0.717, 1.165) is 5.56 Å². The highest BCUT2D eigenvalue weighted by Crippen LogP contribution is 2.37. The van der Waals surface area contributed by atoms with Crippen LogP contribution in [0.4, 0.5) is 9.18 Å². The number of nitrogens with zero attached hydrogens (tertiary/aromatic N) is 7. The number of rotatable bonds is 5. The van der Waals surface area contributed by atoms with E-state index in [-0.39, 0.29) is 24.9 Å². The van der Waals surface area contributed by atoms with Crippen molar-refractivity contribution in [1.29, 1.82) is 0 Å². The Bertz CT molecular complexity index is 1650. The summed E-state index contributed by atoms with van der Waals surface area (Å²) in [6.45, 7) is 8.47. The summed E-state index contributed by atoms with van der Waals surface area (Å²) in [5.74, 6) is -0.0430. The maximum Gasteiger partial charge on any atom is 0.407 e. The Morgan fingerprint density at radius 1 is 1.21 bits per heavy atom. The highest BCUT2D eigenvalue weighted by atomic mass is 32.1. The molecule has 39 heavy (non-hydrogen) atoms. The molecule has 3 aromatic heterocycles. The number of hydrogen-bond donors (Lipinski definition) is 1. The van der Waals surface area contributed by atoms with Crippen molar-refractivity contribution in [2.75, 3.05) is 6.54 Å². The molecule has 2 unspecified atom stereocenters. The molecule has 1 fully saturated rings. The van der Waals surface area contributed by atoms with E-state index in [1.54, 1.807) is 18.2 Å². The minimum Gasteiger partial charge on any atom is -0.465 e. The largest absolute Gasteiger partial charge is 0.465 e. The van der Waals surface area contributed by atoms with Gasteiger partial charge < -0.3 is 10.0 Å². The van der Waals surface area contributed by atoms with Gasteiger partial charge in [-0.1, -0.05) is 32.9 Å². The minimum absolute atomic E-state index is 0.00583. The van der Waals surface area contributed by atoms with E-state index in [2.05, 4.69) is 15.4 Å². The number of piperidine rings is 1. The number of halogens is 1. The van der Waals surface area contributed by atoms with Gasteiger partial charge in [-0.25, -0.2) is 14.0 Å². The summed E-state index contributed by atoms with van der Waals surface area (Å²) >= 11 is 1.23. The fourth-order valence-corrected chi connectivity index (χ4v) is 6.35. The SMILES string of the molecule is CCn1nnc(Cn2c(=O)n(C3CCN(C(=O)O)C(C(C)(C)C)C3)c(=O)c3sc(-c4ccc(F)cc4)cc32)n1. The Labute approximate surface area is 227 Å². The van der Waals surface area contributed by atoms with Crippen molar-refractivity contribution in [3.05, 3.63) is 62.8 Å². The lowest BCUT2D eigenvalue weighted by Crippen LogP contribution is -2.54. The number of aryl methyl sites for hydroxylation is 1. The molecule has 0 spiro atoms. The molecule has 0 aliphatic carbocycles. The molecular formula is C26H30FN7O4S. The third-order valence-corrected chi connectivity index (χ3v) is 8.41. The summed E-state index contributed by atoms with van der Waals surface area (Å²) in [5.41, 5.74) is -0.166. The average Bonchev–Trinajstić information content (AvgIpc) is 3.54. The Hall–Kier alpha value is -3.87. The Morgan fingerprint density at radius 2 is 1.92 bits per heavy atom. The third kappa shape index (κ3) is 4.98. The zero-order valence-electron chi connectivity index (χ0n) is 22.2. The van der Waals surface area contributed by atoms with Crippen molar-refractivity contribution in [2.24, 2.45) is 5.41 Å². The smallest absolute Gasteiger partial charge is 0.407 e. The van der Waals surface area contributed by atoms with Crippen molar-refractivity contribution in [1.82, 2.24) is 34.2 Å². The van der Waals surface area contributed by atoms with Gasteiger partial charge in [0.1, 0.15) is 10.5 Å². The van der Waals surface area contributed by atoms with Gasteiger partial charge in [-0.3, -0.25) is 13.9 Å². The minimum atomic E-state index is -1.01. The molecule has 4 heterocycles. The highest BCUT2D eigenvalue weighted by Gasteiger charge is 2.40. The maximum absolute atomic E-state index is 14.0. The number of aromatic nitrogens is 6. The molecule has 2 atom stereocenters. The van der Waals surface area contributed by atoms with Crippen molar-refractivity contribution >= 4 is 27.6 Å². The van der Waals surface area contributed by atoms with Crippen LogP contribution < -0.4 is 11.2 Å². The summed E-state index contributed by atoms with van der Waals surface area (Å²) in [5, 5.41) is 22.2. The second kappa shape index (κ2) is 10.0. The van der Waals surface area contributed by atoms with E-state index in [9.17, 15) is 23.9 Å². The van der Waals surface area contributed by atoms with Crippen LogP contribution in [0.5, 0.6) is 0 Å². The van der Waals surface area contributed by atoms with E-state index in [1.165, 1.54) is 42.3 Å². The maximum atomic E-state index is 14.0. The lowest BCUT2D eigenvalue weighted by Gasteiger charge is -2.44. The zero-order valence-corrected chi connectivity index (χ0v) is 23.0. The van der Waals surface area contributed by atoms with Crippen LogP contribution in [-0.2, 0) is 13.1 Å². The molecule has 1 aliphatic heterocycles. The summed E-state index contributed by atoms with van der Waals surface area (Å²) in [4.78, 5) is 43.4. The van der Waals surface area contributed by atoms with Crippen LogP contribution >= 0.6 is 11.3 Å². The molecule has 11 nitrogen and oxygen atoms in total. The van der Waals surface area contributed by atoms with Crippen molar-refractivity contribution in [3.63, 3.8) is 0 Å². The van der Waals surface area contributed by atoms with Gasteiger partial charge in [0, 0.05) is 23.5 Å². The Kier molecular flexibility index (Phi) is 6.87. The lowest BCUT2D eigenvalue weighted by molar-refractivity contribution is 0.0414. The topological polar surface area (TPSA) is 128 Å². The van der Waals surface area contributed by atoms with Gasteiger partial charge in [-0.15, -0.1) is 21.5 Å². The normalized spacial score (nSPS) is 18.1. The molecule has 206 valence electrons. The number of thiophene rings is 1. The van der Waals surface area contributed by atoms with Crippen LogP contribution in [-0.4, -0.2) is 58.0 Å². The molecule has 0 radical (unpaired) electrons. The Morgan fingerprint density at radius 3 is 2.54 bits per heavy atom. The van der Waals surface area contributed by atoms with Crippen LogP contribution in [0, 0.1) is 11.2 Å². The monoisotopic (exact) mass is 555 g/mol. The Balaban J connectivity index is 1.67. The summed E-state index contributed by atoms with van der Waals surface area (Å²) in [6, 6.07) is 6.84. The molecule has 4 aromatic rings. The number of likely N-dealkylation sites (tertiary alicyclic amines) is 1. The molecule has 0 bridgehead atoms. The molecule has 13 heteroatoms. The number of tetrazole rings is 1. The van der Waals surface area contributed by atoms with Gasteiger partial charge in [-0.05, 0) is 54.2 Å². The summed E-state index contributed by atoms with van der Waals surface area (Å²) in [6.07, 6.45) is -0.349. The molecular weight excluding hydrogens is 525 g/mol. The lowest BCUT2D eigenvalue weighted by atomic mass is 9.79.